The molecule has 1 heterocycles. The fourth-order valence-corrected chi connectivity index (χ4v) is 3.88. The normalized spacial score (nSPS) is 17.3. The fraction of sp³-hybridized carbons (Fsp3) is 0.480. The Morgan fingerprint density at radius 1 is 1.04 bits per heavy atom. The minimum absolute atomic E-state index is 0.0452. The number of hydrogen-bond donors (Lipinski definition) is 1. The first kappa shape index (κ1) is 20.6. The fourth-order valence-electron chi connectivity index (χ4n) is 3.88. The van der Waals surface area contributed by atoms with Crippen LogP contribution in [0.3, 0.4) is 0 Å². The summed E-state index contributed by atoms with van der Waals surface area (Å²) >= 11 is 0. The number of amides is 1. The molecular weight excluding hydrogens is 344 g/mol. The summed E-state index contributed by atoms with van der Waals surface area (Å²) in [5.41, 5.74) is 3.99. The molecule has 1 aliphatic rings. The molecule has 0 aliphatic carbocycles. The van der Waals surface area contributed by atoms with Crippen LogP contribution in [0.15, 0.2) is 54.6 Å². The maximum Gasteiger partial charge on any atom is 0.223 e. The molecule has 1 amide bonds. The Morgan fingerprint density at radius 2 is 1.64 bits per heavy atom. The van der Waals surface area contributed by atoms with Gasteiger partial charge in [-0.2, -0.15) is 0 Å². The van der Waals surface area contributed by atoms with Crippen LogP contribution < -0.4 is 5.32 Å². The van der Waals surface area contributed by atoms with Crippen molar-refractivity contribution < 1.29 is 4.79 Å². The molecule has 1 N–H and O–H groups in total. The Bertz CT molecular complexity index is 753. The molecule has 3 nitrogen and oxygen atoms in total. The largest absolute Gasteiger partial charge is 0.349 e. The van der Waals surface area contributed by atoms with E-state index in [2.05, 4.69) is 92.5 Å². The van der Waals surface area contributed by atoms with E-state index in [1.165, 1.54) is 16.7 Å². The van der Waals surface area contributed by atoms with Gasteiger partial charge in [0.2, 0.25) is 5.91 Å². The predicted molar refractivity (Wildman–Crippen MR) is 116 cm³/mol. The Morgan fingerprint density at radius 3 is 2.21 bits per heavy atom. The molecule has 1 fully saturated rings. The lowest BCUT2D eigenvalue weighted by Crippen LogP contribution is -2.40. The van der Waals surface area contributed by atoms with E-state index in [-0.39, 0.29) is 23.3 Å². The first-order valence-electron chi connectivity index (χ1n) is 10.5. The number of carbonyl (C=O) groups is 1. The molecule has 1 atom stereocenters. The summed E-state index contributed by atoms with van der Waals surface area (Å²) in [5, 5.41) is 3.23. The van der Waals surface area contributed by atoms with Crippen molar-refractivity contribution in [3.05, 3.63) is 71.3 Å². The van der Waals surface area contributed by atoms with Crippen molar-refractivity contribution in [2.75, 3.05) is 13.1 Å². The van der Waals surface area contributed by atoms with Crippen LogP contribution in [-0.2, 0) is 16.8 Å². The topological polar surface area (TPSA) is 32.3 Å². The van der Waals surface area contributed by atoms with Crippen LogP contribution in [0, 0.1) is 5.92 Å². The molecule has 1 saturated heterocycles. The minimum Gasteiger partial charge on any atom is -0.349 e. The van der Waals surface area contributed by atoms with E-state index in [1.54, 1.807) is 0 Å². The average molecular weight is 379 g/mol. The number of benzene rings is 2. The second-order valence-electron chi connectivity index (χ2n) is 9.14. The molecule has 150 valence electrons. The third-order valence-electron chi connectivity index (χ3n) is 5.84. The number of piperidine rings is 1. The van der Waals surface area contributed by atoms with E-state index in [0.29, 0.717) is 0 Å². The third-order valence-corrected chi connectivity index (χ3v) is 5.84. The second-order valence-corrected chi connectivity index (χ2v) is 9.14. The lowest BCUT2D eigenvalue weighted by Gasteiger charge is -2.32. The van der Waals surface area contributed by atoms with Crippen LogP contribution in [0.4, 0.5) is 0 Å². The van der Waals surface area contributed by atoms with Gasteiger partial charge in [0.05, 0.1) is 6.04 Å². The molecule has 0 radical (unpaired) electrons. The number of hydrogen-bond acceptors (Lipinski definition) is 2. The Labute approximate surface area is 170 Å². The summed E-state index contributed by atoms with van der Waals surface area (Å²) in [6, 6.07) is 19.3. The van der Waals surface area contributed by atoms with Crippen LogP contribution in [0.2, 0.25) is 0 Å². The highest BCUT2D eigenvalue weighted by molar-refractivity contribution is 5.79. The first-order chi connectivity index (χ1) is 13.3. The average Bonchev–Trinajstić information content (AvgIpc) is 2.68. The number of carbonyl (C=O) groups excluding carboxylic acids is 1. The zero-order valence-electron chi connectivity index (χ0n) is 17.7. The zero-order chi connectivity index (χ0) is 20.1. The molecule has 3 heteroatoms. The van der Waals surface area contributed by atoms with Crippen LogP contribution >= 0.6 is 0 Å². The SMILES string of the molecule is C[C@H](NC(=O)C1CCN(Cc2ccccc2)CC1)c1ccc(C(C)(C)C)cc1. The van der Waals surface area contributed by atoms with Crippen LogP contribution in [0.1, 0.15) is 63.3 Å². The Kier molecular flexibility index (Phi) is 6.56. The van der Waals surface area contributed by atoms with Gasteiger partial charge in [-0.1, -0.05) is 75.4 Å². The van der Waals surface area contributed by atoms with E-state index in [0.717, 1.165) is 32.5 Å². The number of likely N-dealkylation sites (tertiary alicyclic amines) is 1. The van der Waals surface area contributed by atoms with Crippen molar-refractivity contribution in [1.29, 1.82) is 0 Å². The molecule has 2 aromatic rings. The van der Waals surface area contributed by atoms with Crippen molar-refractivity contribution in [3.63, 3.8) is 0 Å². The molecule has 0 aromatic heterocycles. The van der Waals surface area contributed by atoms with E-state index in [9.17, 15) is 4.79 Å². The summed E-state index contributed by atoms with van der Waals surface area (Å²) < 4.78 is 0. The van der Waals surface area contributed by atoms with Gasteiger partial charge in [0.25, 0.3) is 0 Å². The van der Waals surface area contributed by atoms with Gasteiger partial charge in [-0.25, -0.2) is 0 Å². The van der Waals surface area contributed by atoms with Gasteiger partial charge in [-0.15, -0.1) is 0 Å². The van der Waals surface area contributed by atoms with Gasteiger partial charge in [0.15, 0.2) is 0 Å². The highest BCUT2D eigenvalue weighted by atomic mass is 16.1. The van der Waals surface area contributed by atoms with E-state index >= 15 is 0 Å². The van der Waals surface area contributed by atoms with Gasteiger partial charge in [-0.05, 0) is 55.0 Å². The van der Waals surface area contributed by atoms with Gasteiger partial charge in [-0.3, -0.25) is 9.69 Å². The van der Waals surface area contributed by atoms with E-state index < -0.39 is 0 Å². The van der Waals surface area contributed by atoms with E-state index in [4.69, 9.17) is 0 Å². The van der Waals surface area contributed by atoms with Crippen molar-refractivity contribution in [2.45, 2.75) is 58.5 Å². The quantitative estimate of drug-likeness (QED) is 0.787. The molecule has 2 aromatic carbocycles. The smallest absolute Gasteiger partial charge is 0.223 e. The zero-order valence-corrected chi connectivity index (χ0v) is 17.7. The number of nitrogens with one attached hydrogen (secondary N) is 1. The molecule has 0 bridgehead atoms. The van der Waals surface area contributed by atoms with Crippen molar-refractivity contribution in [3.8, 4) is 0 Å². The standard InChI is InChI=1S/C25H34N2O/c1-19(21-10-12-23(13-11-21)25(2,3)4)26-24(28)22-14-16-27(17-15-22)18-20-8-6-5-7-9-20/h5-13,19,22H,14-18H2,1-4H3,(H,26,28)/t19-/m0/s1. The van der Waals surface area contributed by atoms with Crippen molar-refractivity contribution >= 4 is 5.91 Å². The molecule has 28 heavy (non-hydrogen) atoms. The van der Waals surface area contributed by atoms with Gasteiger partial charge < -0.3 is 5.32 Å². The number of nitrogens with zero attached hydrogens (tertiary/aromatic N) is 1. The molecule has 3 rings (SSSR count). The van der Waals surface area contributed by atoms with E-state index in [1.807, 2.05) is 0 Å². The lowest BCUT2D eigenvalue weighted by molar-refractivity contribution is -0.127. The van der Waals surface area contributed by atoms with Crippen LogP contribution in [-0.4, -0.2) is 23.9 Å². The summed E-state index contributed by atoms with van der Waals surface area (Å²) in [5.74, 6) is 0.329. The van der Waals surface area contributed by atoms with Crippen LogP contribution in [0.25, 0.3) is 0 Å². The Hall–Kier alpha value is -2.13. The summed E-state index contributed by atoms with van der Waals surface area (Å²) in [4.78, 5) is 15.2. The van der Waals surface area contributed by atoms with Crippen molar-refractivity contribution in [1.82, 2.24) is 10.2 Å². The lowest BCUT2D eigenvalue weighted by atomic mass is 9.86. The summed E-state index contributed by atoms with van der Waals surface area (Å²) in [6.45, 7) is 11.7. The molecule has 0 spiro atoms. The highest BCUT2D eigenvalue weighted by Crippen LogP contribution is 2.25. The summed E-state index contributed by atoms with van der Waals surface area (Å²) in [6.07, 6.45) is 1.88. The second kappa shape index (κ2) is 8.91. The summed E-state index contributed by atoms with van der Waals surface area (Å²) in [7, 11) is 0. The van der Waals surface area contributed by atoms with Gasteiger partial charge >= 0.3 is 0 Å². The molecule has 0 unspecified atom stereocenters. The molecule has 0 saturated carbocycles. The first-order valence-corrected chi connectivity index (χ1v) is 10.5. The predicted octanol–water partition coefficient (Wildman–Crippen LogP) is 5.07. The maximum absolute atomic E-state index is 12.7. The third kappa shape index (κ3) is 5.45. The maximum atomic E-state index is 12.7. The molecule has 1 aliphatic heterocycles. The number of rotatable bonds is 5. The van der Waals surface area contributed by atoms with Gasteiger partial charge in [0.1, 0.15) is 0 Å². The monoisotopic (exact) mass is 378 g/mol. The minimum atomic E-state index is 0.0452. The molecular formula is C25H34N2O. The van der Waals surface area contributed by atoms with Gasteiger partial charge in [0, 0.05) is 12.5 Å². The van der Waals surface area contributed by atoms with Crippen LogP contribution in [0.5, 0.6) is 0 Å². The van der Waals surface area contributed by atoms with Crippen molar-refractivity contribution in [2.24, 2.45) is 5.92 Å². The Balaban J connectivity index is 1.48. The highest BCUT2D eigenvalue weighted by Gasteiger charge is 2.26.